The van der Waals surface area contributed by atoms with Gasteiger partial charge in [0.25, 0.3) is 0 Å². The predicted molar refractivity (Wildman–Crippen MR) is 85.0 cm³/mol. The van der Waals surface area contributed by atoms with Crippen LogP contribution in [0.25, 0.3) is 11.3 Å². The molecule has 0 atom stereocenters. The number of aliphatic hydroxyl groups is 1. The monoisotopic (exact) mass is 375 g/mol. The van der Waals surface area contributed by atoms with Crippen molar-refractivity contribution in [3.63, 3.8) is 0 Å². The van der Waals surface area contributed by atoms with Crippen LogP contribution >= 0.6 is 0 Å². The fourth-order valence-electron chi connectivity index (χ4n) is 2.12. The summed E-state index contributed by atoms with van der Waals surface area (Å²) in [6.45, 7) is -0.0917. The minimum Gasteiger partial charge on any atom is -0.491 e. The Morgan fingerprint density at radius 2 is 1.92 bits per heavy atom. The van der Waals surface area contributed by atoms with Crippen LogP contribution in [0.4, 0.5) is 13.2 Å². The molecule has 2 aromatic rings. The quantitative estimate of drug-likeness (QED) is 0.786. The van der Waals surface area contributed by atoms with Crippen LogP contribution in [-0.2, 0) is 16.0 Å². The molecule has 0 fully saturated rings. The summed E-state index contributed by atoms with van der Waals surface area (Å²) in [4.78, 5) is 3.69. The maximum Gasteiger partial charge on any atom is 0.417 e. The molecule has 0 amide bonds. The molecule has 136 valence electrons. The molecule has 2 rings (SSSR count). The number of aromatic nitrogens is 1. The number of alkyl halides is 3. The molecule has 0 spiro atoms. The first-order valence-corrected chi connectivity index (χ1v) is 9.14. The second kappa shape index (κ2) is 7.40. The molecule has 0 bridgehead atoms. The topological polar surface area (TPSA) is 76.5 Å². The van der Waals surface area contributed by atoms with Gasteiger partial charge in [0.1, 0.15) is 10.6 Å². The van der Waals surface area contributed by atoms with Crippen LogP contribution in [0.15, 0.2) is 41.4 Å². The molecular weight excluding hydrogens is 359 g/mol. The standard InChI is InChI=1S/C16H16F3NO4S/c1-25(22,23)14-5-2-4-12(15(14)24-9-3-8-21)13-7-6-11(10-20-13)16(17,18)19/h2,4-7,10,21H,3,8-9H2,1H3. The zero-order chi connectivity index (χ0) is 18.7. The zero-order valence-electron chi connectivity index (χ0n) is 13.2. The first-order chi connectivity index (χ1) is 11.6. The first kappa shape index (κ1) is 19.2. The lowest BCUT2D eigenvalue weighted by Crippen LogP contribution is -2.08. The molecular formula is C16H16F3NO4S. The number of nitrogens with zero attached hydrogens (tertiary/aromatic N) is 1. The Morgan fingerprint density at radius 1 is 1.20 bits per heavy atom. The molecule has 9 heteroatoms. The van der Waals surface area contributed by atoms with Gasteiger partial charge in [0, 0.05) is 31.0 Å². The summed E-state index contributed by atoms with van der Waals surface area (Å²) in [7, 11) is -3.63. The minimum absolute atomic E-state index is 0.00529. The van der Waals surface area contributed by atoms with E-state index < -0.39 is 21.6 Å². The molecule has 1 heterocycles. The number of halogens is 3. The largest absolute Gasteiger partial charge is 0.491 e. The van der Waals surface area contributed by atoms with Gasteiger partial charge in [-0.2, -0.15) is 13.2 Å². The zero-order valence-corrected chi connectivity index (χ0v) is 14.1. The Hall–Kier alpha value is -2.13. The van der Waals surface area contributed by atoms with E-state index in [4.69, 9.17) is 9.84 Å². The van der Waals surface area contributed by atoms with Gasteiger partial charge >= 0.3 is 6.18 Å². The third-order valence-electron chi connectivity index (χ3n) is 3.29. The van der Waals surface area contributed by atoms with E-state index in [-0.39, 0.29) is 41.5 Å². The van der Waals surface area contributed by atoms with E-state index >= 15 is 0 Å². The average Bonchev–Trinajstić information content (AvgIpc) is 2.53. The Balaban J connectivity index is 2.52. The molecule has 25 heavy (non-hydrogen) atoms. The number of hydrogen-bond acceptors (Lipinski definition) is 5. The highest BCUT2D eigenvalue weighted by atomic mass is 32.2. The molecule has 1 aromatic carbocycles. The fourth-order valence-corrected chi connectivity index (χ4v) is 2.95. The summed E-state index contributed by atoms with van der Waals surface area (Å²) in [5, 5.41) is 8.85. The molecule has 1 aromatic heterocycles. The van der Waals surface area contributed by atoms with Gasteiger partial charge in [0.2, 0.25) is 0 Å². The summed E-state index contributed by atoms with van der Waals surface area (Å²) in [6, 6.07) is 6.34. The third kappa shape index (κ3) is 4.70. The maximum atomic E-state index is 12.7. The van der Waals surface area contributed by atoms with Crippen LogP contribution in [-0.4, -0.2) is 38.0 Å². The highest BCUT2D eigenvalue weighted by Gasteiger charge is 2.31. The van der Waals surface area contributed by atoms with Gasteiger partial charge in [-0.3, -0.25) is 4.98 Å². The maximum absolute atomic E-state index is 12.7. The first-order valence-electron chi connectivity index (χ1n) is 7.25. The smallest absolute Gasteiger partial charge is 0.417 e. The summed E-state index contributed by atoms with van der Waals surface area (Å²) >= 11 is 0. The lowest BCUT2D eigenvalue weighted by atomic mass is 10.1. The van der Waals surface area contributed by atoms with Crippen molar-refractivity contribution >= 4 is 9.84 Å². The van der Waals surface area contributed by atoms with Crippen molar-refractivity contribution in [3.05, 3.63) is 42.1 Å². The van der Waals surface area contributed by atoms with E-state index in [0.29, 0.717) is 6.20 Å². The number of aliphatic hydroxyl groups excluding tert-OH is 1. The van der Waals surface area contributed by atoms with Gasteiger partial charge in [0.05, 0.1) is 17.9 Å². The van der Waals surface area contributed by atoms with E-state index in [1.165, 1.54) is 18.2 Å². The van der Waals surface area contributed by atoms with E-state index in [1.807, 2.05) is 0 Å². The second-order valence-corrected chi connectivity index (χ2v) is 7.24. The minimum atomic E-state index is -4.51. The predicted octanol–water partition coefficient (Wildman–Crippen LogP) is 2.93. The number of rotatable bonds is 6. The van der Waals surface area contributed by atoms with E-state index in [2.05, 4.69) is 4.98 Å². The van der Waals surface area contributed by atoms with Gasteiger partial charge in [-0.05, 0) is 24.3 Å². The highest BCUT2D eigenvalue weighted by molar-refractivity contribution is 7.90. The SMILES string of the molecule is CS(=O)(=O)c1cccc(-c2ccc(C(F)(F)F)cn2)c1OCCCO. The van der Waals surface area contributed by atoms with Gasteiger partial charge in [-0.15, -0.1) is 0 Å². The van der Waals surface area contributed by atoms with E-state index in [1.54, 1.807) is 0 Å². The van der Waals surface area contributed by atoms with Crippen LogP contribution in [0.3, 0.4) is 0 Å². The van der Waals surface area contributed by atoms with E-state index in [0.717, 1.165) is 18.4 Å². The number of benzene rings is 1. The fraction of sp³-hybridized carbons (Fsp3) is 0.312. The molecule has 0 radical (unpaired) electrons. The third-order valence-corrected chi connectivity index (χ3v) is 4.41. The summed E-state index contributed by atoms with van der Waals surface area (Å²) < 4.78 is 67.4. The molecule has 0 aliphatic carbocycles. The summed E-state index contributed by atoms with van der Waals surface area (Å²) in [6.07, 6.45) is -2.55. The molecule has 1 N–H and O–H groups in total. The number of para-hydroxylation sites is 1. The molecule has 0 aliphatic heterocycles. The van der Waals surface area contributed by atoms with Crippen molar-refractivity contribution in [2.75, 3.05) is 19.5 Å². The van der Waals surface area contributed by atoms with Gasteiger partial charge in [-0.1, -0.05) is 6.07 Å². The van der Waals surface area contributed by atoms with Crippen molar-refractivity contribution in [2.24, 2.45) is 0 Å². The summed E-state index contributed by atoms with van der Waals surface area (Å²) in [5.74, 6) is 0.00529. The van der Waals surface area contributed by atoms with Crippen LogP contribution in [0.1, 0.15) is 12.0 Å². The molecule has 0 unspecified atom stereocenters. The molecule has 0 saturated heterocycles. The van der Waals surface area contributed by atoms with Crippen LogP contribution < -0.4 is 4.74 Å². The second-order valence-electron chi connectivity index (χ2n) is 5.26. The Kier molecular flexibility index (Phi) is 5.69. The number of hydrogen-bond donors (Lipinski definition) is 1. The number of pyridine rings is 1. The van der Waals surface area contributed by atoms with Crippen molar-refractivity contribution in [1.82, 2.24) is 4.98 Å². The number of sulfone groups is 1. The lowest BCUT2D eigenvalue weighted by molar-refractivity contribution is -0.137. The van der Waals surface area contributed by atoms with Crippen LogP contribution in [0.5, 0.6) is 5.75 Å². The molecule has 5 nitrogen and oxygen atoms in total. The van der Waals surface area contributed by atoms with Crippen molar-refractivity contribution in [3.8, 4) is 17.0 Å². The van der Waals surface area contributed by atoms with Gasteiger partial charge in [-0.25, -0.2) is 8.42 Å². The lowest BCUT2D eigenvalue weighted by Gasteiger charge is -2.15. The van der Waals surface area contributed by atoms with Crippen LogP contribution in [0.2, 0.25) is 0 Å². The molecule has 0 saturated carbocycles. The Morgan fingerprint density at radius 3 is 2.44 bits per heavy atom. The van der Waals surface area contributed by atoms with Gasteiger partial charge in [0.15, 0.2) is 9.84 Å². The van der Waals surface area contributed by atoms with Crippen LogP contribution in [0, 0.1) is 0 Å². The molecule has 0 aliphatic rings. The van der Waals surface area contributed by atoms with Crippen molar-refractivity contribution in [2.45, 2.75) is 17.5 Å². The Labute approximate surface area is 143 Å². The van der Waals surface area contributed by atoms with Gasteiger partial charge < -0.3 is 9.84 Å². The van der Waals surface area contributed by atoms with Crippen molar-refractivity contribution < 1.29 is 31.4 Å². The normalized spacial score (nSPS) is 12.2. The van der Waals surface area contributed by atoms with Crippen molar-refractivity contribution in [1.29, 1.82) is 0 Å². The van der Waals surface area contributed by atoms with E-state index in [9.17, 15) is 21.6 Å². The Bertz CT molecular complexity index is 833. The summed E-state index contributed by atoms with van der Waals surface area (Å²) in [5.41, 5.74) is -0.495. The number of ether oxygens (including phenoxy) is 1. The highest BCUT2D eigenvalue weighted by Crippen LogP contribution is 2.36. The average molecular weight is 375 g/mol.